The molecule has 0 spiro atoms. The summed E-state index contributed by atoms with van der Waals surface area (Å²) in [4.78, 5) is 24.2. The van der Waals surface area contributed by atoms with Crippen LogP contribution in [0.4, 0.5) is 5.00 Å². The van der Waals surface area contributed by atoms with Gasteiger partial charge in [0, 0.05) is 16.6 Å². The first-order valence-electron chi connectivity index (χ1n) is 10.2. The van der Waals surface area contributed by atoms with Crippen molar-refractivity contribution < 1.29 is 22.7 Å². The van der Waals surface area contributed by atoms with Crippen LogP contribution in [-0.4, -0.2) is 33.9 Å². The highest BCUT2D eigenvalue weighted by Crippen LogP contribution is 2.42. The van der Waals surface area contributed by atoms with Crippen LogP contribution < -0.4 is 10.0 Å². The molecule has 0 bridgehead atoms. The van der Waals surface area contributed by atoms with Crippen LogP contribution in [-0.2, 0) is 14.8 Å². The second kappa shape index (κ2) is 9.30. The molecule has 0 saturated heterocycles. The summed E-state index contributed by atoms with van der Waals surface area (Å²) in [6, 6.07) is 9.38. The maximum absolute atomic E-state index is 13.7. The third-order valence-corrected chi connectivity index (χ3v) is 8.53. The molecule has 0 radical (unpaired) electrons. The second-order valence-electron chi connectivity index (χ2n) is 7.47. The maximum atomic E-state index is 13.7. The van der Waals surface area contributed by atoms with Crippen LogP contribution >= 0.6 is 11.3 Å². The van der Waals surface area contributed by atoms with Crippen molar-refractivity contribution in [3.63, 3.8) is 0 Å². The number of ether oxygens (including phenoxy) is 1. The smallest absolute Gasteiger partial charge is 0.337 e. The number of carbonyl (C=O) groups is 2. The fraction of sp³-hybridized carbons (Fsp3) is 0.304. The molecule has 1 amide bonds. The molecule has 1 aromatic heterocycles. The number of unbranched alkanes of at least 4 members (excludes halogenated alkanes) is 1. The van der Waals surface area contributed by atoms with Crippen molar-refractivity contribution in [2.75, 3.05) is 18.0 Å². The van der Waals surface area contributed by atoms with Crippen LogP contribution in [0.5, 0.6) is 0 Å². The molecule has 3 aromatic rings. The number of rotatable bonds is 8. The highest BCUT2D eigenvalue weighted by molar-refractivity contribution is 7.93. The lowest BCUT2D eigenvalue weighted by Crippen LogP contribution is -2.33. The van der Waals surface area contributed by atoms with Crippen molar-refractivity contribution in [3.05, 3.63) is 58.7 Å². The van der Waals surface area contributed by atoms with E-state index in [1.54, 1.807) is 0 Å². The average Bonchev–Trinajstić information content (AvgIpc) is 3.16. The van der Waals surface area contributed by atoms with E-state index in [-0.39, 0.29) is 22.6 Å². The summed E-state index contributed by atoms with van der Waals surface area (Å²) < 4.78 is 34.1. The molecular weight excluding hydrogens is 448 g/mol. The standard InChI is InChI=1S/C23H26N2O5S2/c1-5-6-13-25(32(28,29)17-10-8-16(9-11-17)23(27)30-4)22-20(21(24)26)19-15(3)14(2)7-12-18(19)31-22/h7-12H,5-6,13H2,1-4H3,(H2,24,26). The first-order chi connectivity index (χ1) is 15.1. The number of methoxy groups -OCH3 is 1. The predicted molar refractivity (Wildman–Crippen MR) is 127 cm³/mol. The van der Waals surface area contributed by atoms with E-state index in [0.717, 1.165) is 22.2 Å². The number of esters is 1. The molecule has 0 saturated carbocycles. The molecule has 0 aliphatic carbocycles. The van der Waals surface area contributed by atoms with Gasteiger partial charge in [0.1, 0.15) is 5.00 Å². The summed E-state index contributed by atoms with van der Waals surface area (Å²) in [5, 5.41) is 1.00. The second-order valence-corrected chi connectivity index (χ2v) is 10.4. The van der Waals surface area contributed by atoms with Crippen LogP contribution in [0.15, 0.2) is 41.3 Å². The zero-order chi connectivity index (χ0) is 23.6. The number of aryl methyl sites for hydroxylation is 2. The Morgan fingerprint density at radius 3 is 2.31 bits per heavy atom. The number of benzene rings is 2. The molecule has 3 rings (SSSR count). The third kappa shape index (κ3) is 4.22. The minimum Gasteiger partial charge on any atom is -0.465 e. The molecule has 0 unspecified atom stereocenters. The zero-order valence-electron chi connectivity index (χ0n) is 18.5. The Morgan fingerprint density at radius 1 is 1.09 bits per heavy atom. The summed E-state index contributed by atoms with van der Waals surface area (Å²) in [5.41, 5.74) is 8.11. The van der Waals surface area contributed by atoms with Gasteiger partial charge in [0.25, 0.3) is 15.9 Å². The molecule has 32 heavy (non-hydrogen) atoms. The highest BCUT2D eigenvalue weighted by atomic mass is 32.2. The van der Waals surface area contributed by atoms with Gasteiger partial charge in [-0.1, -0.05) is 19.4 Å². The minimum absolute atomic E-state index is 0.0158. The van der Waals surface area contributed by atoms with Gasteiger partial charge in [-0.2, -0.15) is 0 Å². The van der Waals surface area contributed by atoms with Gasteiger partial charge in [-0.15, -0.1) is 11.3 Å². The quantitative estimate of drug-likeness (QED) is 0.487. The van der Waals surface area contributed by atoms with Gasteiger partial charge < -0.3 is 10.5 Å². The van der Waals surface area contributed by atoms with E-state index in [0.29, 0.717) is 16.8 Å². The fourth-order valence-electron chi connectivity index (χ4n) is 3.49. The largest absolute Gasteiger partial charge is 0.465 e. The van der Waals surface area contributed by atoms with E-state index >= 15 is 0 Å². The third-order valence-electron chi connectivity index (χ3n) is 5.42. The molecule has 7 nitrogen and oxygen atoms in total. The average molecular weight is 475 g/mol. The van der Waals surface area contributed by atoms with E-state index < -0.39 is 21.9 Å². The van der Waals surface area contributed by atoms with E-state index in [4.69, 9.17) is 5.73 Å². The van der Waals surface area contributed by atoms with Gasteiger partial charge in [-0.25, -0.2) is 13.2 Å². The van der Waals surface area contributed by atoms with Crippen LogP contribution in [0.2, 0.25) is 0 Å². The Hall–Kier alpha value is -2.91. The van der Waals surface area contributed by atoms with Gasteiger partial charge in [0.05, 0.1) is 23.1 Å². The predicted octanol–water partition coefficient (Wildman–Crippen LogP) is 4.40. The van der Waals surface area contributed by atoms with Gasteiger partial charge >= 0.3 is 5.97 Å². The number of hydrogen-bond acceptors (Lipinski definition) is 6. The normalized spacial score (nSPS) is 11.5. The van der Waals surface area contributed by atoms with Gasteiger partial charge in [-0.3, -0.25) is 9.10 Å². The molecule has 0 aliphatic rings. The number of primary amides is 1. The van der Waals surface area contributed by atoms with E-state index in [1.807, 2.05) is 32.9 Å². The SMILES string of the molecule is CCCCN(c1sc2ccc(C)c(C)c2c1C(N)=O)S(=O)(=O)c1ccc(C(=O)OC)cc1. The van der Waals surface area contributed by atoms with Crippen molar-refractivity contribution in [3.8, 4) is 0 Å². The lowest BCUT2D eigenvalue weighted by Gasteiger charge is -2.24. The number of fused-ring (bicyclic) bond motifs is 1. The maximum Gasteiger partial charge on any atom is 0.337 e. The van der Waals surface area contributed by atoms with Crippen LogP contribution in [0, 0.1) is 13.8 Å². The Labute approximate surface area is 191 Å². The Kier molecular flexibility index (Phi) is 6.90. The van der Waals surface area contributed by atoms with E-state index in [2.05, 4.69) is 4.74 Å². The Balaban J connectivity index is 2.21. The number of nitrogens with zero attached hydrogens (tertiary/aromatic N) is 1. The van der Waals surface area contributed by atoms with E-state index in [9.17, 15) is 18.0 Å². The summed E-state index contributed by atoms with van der Waals surface area (Å²) in [6.45, 7) is 5.99. The van der Waals surface area contributed by atoms with Gasteiger partial charge in [0.2, 0.25) is 0 Å². The number of amides is 1. The Morgan fingerprint density at radius 2 is 1.75 bits per heavy atom. The fourth-order valence-corrected chi connectivity index (χ4v) is 6.51. The first-order valence-corrected chi connectivity index (χ1v) is 12.4. The van der Waals surface area contributed by atoms with Crippen LogP contribution in [0.25, 0.3) is 10.1 Å². The molecular formula is C23H26N2O5S2. The van der Waals surface area contributed by atoms with Gasteiger partial charge in [0.15, 0.2) is 0 Å². The van der Waals surface area contributed by atoms with Crippen LogP contribution in [0.1, 0.15) is 51.6 Å². The topological polar surface area (TPSA) is 107 Å². The highest BCUT2D eigenvalue weighted by Gasteiger charge is 2.31. The monoisotopic (exact) mass is 474 g/mol. The summed E-state index contributed by atoms with van der Waals surface area (Å²) in [5.74, 6) is -1.22. The van der Waals surface area contributed by atoms with E-state index in [1.165, 1.54) is 47.0 Å². The molecule has 2 N–H and O–H groups in total. The number of sulfonamides is 1. The number of hydrogen-bond donors (Lipinski definition) is 1. The summed E-state index contributed by atoms with van der Waals surface area (Å²) >= 11 is 1.24. The van der Waals surface area contributed by atoms with Crippen molar-refractivity contribution in [2.45, 2.75) is 38.5 Å². The van der Waals surface area contributed by atoms with Crippen molar-refractivity contribution in [1.82, 2.24) is 0 Å². The zero-order valence-corrected chi connectivity index (χ0v) is 20.1. The van der Waals surface area contributed by atoms with Crippen molar-refractivity contribution in [1.29, 1.82) is 0 Å². The lowest BCUT2D eigenvalue weighted by molar-refractivity contribution is 0.0600. The number of carbonyl (C=O) groups excluding carboxylic acids is 2. The molecule has 2 aromatic carbocycles. The van der Waals surface area contributed by atoms with Crippen LogP contribution in [0.3, 0.4) is 0 Å². The van der Waals surface area contributed by atoms with Crippen molar-refractivity contribution >= 4 is 48.3 Å². The molecule has 9 heteroatoms. The minimum atomic E-state index is -4.02. The molecule has 0 aliphatic heterocycles. The molecule has 0 fully saturated rings. The summed E-state index contributed by atoms with van der Waals surface area (Å²) in [7, 11) is -2.76. The molecule has 0 atom stereocenters. The number of anilines is 1. The molecule has 1 heterocycles. The van der Waals surface area contributed by atoms with Crippen molar-refractivity contribution in [2.24, 2.45) is 5.73 Å². The summed E-state index contributed by atoms with van der Waals surface area (Å²) in [6.07, 6.45) is 1.37. The molecule has 170 valence electrons. The number of nitrogens with two attached hydrogens (primary N) is 1. The Bertz CT molecular complexity index is 1280. The van der Waals surface area contributed by atoms with Gasteiger partial charge in [-0.05, 0) is 61.7 Å². The first kappa shape index (κ1) is 23.7. The lowest BCUT2D eigenvalue weighted by atomic mass is 10.0. The number of thiophene rings is 1.